The van der Waals surface area contributed by atoms with Gasteiger partial charge in [-0.05, 0) is 6.92 Å². The van der Waals surface area contributed by atoms with Gasteiger partial charge in [0.05, 0.1) is 13.0 Å². The van der Waals surface area contributed by atoms with E-state index in [0.717, 1.165) is 0 Å². The van der Waals surface area contributed by atoms with Crippen molar-refractivity contribution in [1.29, 1.82) is 0 Å². The highest BCUT2D eigenvalue weighted by Gasteiger charge is 2.25. The van der Waals surface area contributed by atoms with Gasteiger partial charge >= 0.3 is 5.97 Å². The Morgan fingerprint density at radius 3 is 2.30 bits per heavy atom. The average Bonchev–Trinajstić information content (AvgIpc) is 2.26. The van der Waals surface area contributed by atoms with Crippen LogP contribution in [0.5, 0.6) is 0 Å². The maximum atomic E-state index is 13.3. The molecule has 1 aromatic carbocycles. The molecule has 112 valence electrons. The van der Waals surface area contributed by atoms with E-state index in [1.165, 1.54) is 0 Å². The van der Waals surface area contributed by atoms with E-state index >= 15 is 0 Å². The second kappa shape index (κ2) is 6.71. The quantitative estimate of drug-likeness (QED) is 0.805. The van der Waals surface area contributed by atoms with Crippen LogP contribution in [-0.2, 0) is 19.6 Å². The van der Waals surface area contributed by atoms with E-state index in [1.807, 2.05) is 4.72 Å². The molecule has 0 aliphatic heterocycles. The minimum absolute atomic E-state index is 0.132. The van der Waals surface area contributed by atoms with E-state index in [1.54, 1.807) is 6.92 Å². The van der Waals surface area contributed by atoms with Crippen LogP contribution >= 0.6 is 0 Å². The van der Waals surface area contributed by atoms with E-state index in [0.29, 0.717) is 0 Å². The van der Waals surface area contributed by atoms with Gasteiger partial charge in [0.1, 0.15) is 17.5 Å². The zero-order chi connectivity index (χ0) is 15.3. The molecule has 0 radical (unpaired) electrons. The highest BCUT2D eigenvalue weighted by atomic mass is 32.2. The Hall–Kier alpha value is -1.61. The Bertz CT molecular complexity index is 581. The number of halogens is 3. The summed E-state index contributed by atoms with van der Waals surface area (Å²) in [5, 5.41) is 0. The van der Waals surface area contributed by atoms with Crippen LogP contribution in [0.4, 0.5) is 13.2 Å². The lowest BCUT2D eigenvalue weighted by Gasteiger charge is -2.08. The molecule has 0 heterocycles. The van der Waals surface area contributed by atoms with Crippen LogP contribution in [-0.4, -0.2) is 27.5 Å². The summed E-state index contributed by atoms with van der Waals surface area (Å²) < 4.78 is 69.0. The zero-order valence-corrected chi connectivity index (χ0v) is 11.3. The summed E-state index contributed by atoms with van der Waals surface area (Å²) in [5.41, 5.74) is 0. The van der Waals surface area contributed by atoms with Crippen molar-refractivity contribution < 1.29 is 31.1 Å². The molecule has 0 aromatic heterocycles. The van der Waals surface area contributed by atoms with Crippen LogP contribution in [0, 0.1) is 17.5 Å². The number of hydrogen-bond donors (Lipinski definition) is 1. The van der Waals surface area contributed by atoms with Crippen molar-refractivity contribution in [3.05, 3.63) is 29.6 Å². The largest absolute Gasteiger partial charge is 0.466 e. The summed E-state index contributed by atoms with van der Waals surface area (Å²) in [6.07, 6.45) is -0.294. The summed E-state index contributed by atoms with van der Waals surface area (Å²) in [5.74, 6) is -4.99. The lowest BCUT2D eigenvalue weighted by molar-refractivity contribution is -0.142. The Morgan fingerprint density at radius 2 is 1.80 bits per heavy atom. The fourth-order valence-corrected chi connectivity index (χ4v) is 2.52. The van der Waals surface area contributed by atoms with Crippen LogP contribution < -0.4 is 4.72 Å². The van der Waals surface area contributed by atoms with Gasteiger partial charge < -0.3 is 4.74 Å². The number of sulfonamides is 1. The molecule has 0 amide bonds. The number of carbonyl (C=O) groups is 1. The molecule has 0 saturated heterocycles. The lowest BCUT2D eigenvalue weighted by atomic mass is 10.3. The first kappa shape index (κ1) is 16.4. The molecule has 0 atom stereocenters. The summed E-state index contributed by atoms with van der Waals surface area (Å²) in [6, 6.07) is 0.506. The molecule has 0 unspecified atom stereocenters. The number of nitrogens with one attached hydrogen (secondary N) is 1. The molecule has 0 aliphatic carbocycles. The van der Waals surface area contributed by atoms with Crippen molar-refractivity contribution >= 4 is 16.0 Å². The Morgan fingerprint density at radius 1 is 1.25 bits per heavy atom. The molecule has 0 fully saturated rings. The number of rotatable bonds is 6. The third-order valence-electron chi connectivity index (χ3n) is 2.16. The standard InChI is InChI=1S/C11H12F3NO4S/c1-2-19-10(16)3-4-15-20(17,18)11-8(13)5-7(12)6-9(11)14/h5-6,15H,2-4H2,1H3. The predicted octanol–water partition coefficient (Wildman–Crippen LogP) is 1.34. The summed E-state index contributed by atoms with van der Waals surface area (Å²) in [6.45, 7) is 1.32. The van der Waals surface area contributed by atoms with Gasteiger partial charge in [-0.2, -0.15) is 0 Å². The molecule has 1 rings (SSSR count). The minimum atomic E-state index is -4.52. The maximum absolute atomic E-state index is 13.3. The van der Waals surface area contributed by atoms with Crippen LogP contribution in [0.25, 0.3) is 0 Å². The summed E-state index contributed by atoms with van der Waals surface area (Å²) >= 11 is 0. The van der Waals surface area contributed by atoms with E-state index in [-0.39, 0.29) is 25.2 Å². The van der Waals surface area contributed by atoms with Crippen molar-refractivity contribution in [3.63, 3.8) is 0 Å². The van der Waals surface area contributed by atoms with E-state index in [9.17, 15) is 26.4 Å². The third kappa shape index (κ3) is 4.20. The highest BCUT2D eigenvalue weighted by molar-refractivity contribution is 7.89. The monoisotopic (exact) mass is 311 g/mol. The van der Waals surface area contributed by atoms with Crippen LogP contribution in [0.2, 0.25) is 0 Å². The fourth-order valence-electron chi connectivity index (χ4n) is 1.38. The first-order chi connectivity index (χ1) is 9.27. The van der Waals surface area contributed by atoms with Crippen LogP contribution in [0.3, 0.4) is 0 Å². The van der Waals surface area contributed by atoms with Gasteiger partial charge in [0, 0.05) is 18.7 Å². The highest BCUT2D eigenvalue weighted by Crippen LogP contribution is 2.19. The van der Waals surface area contributed by atoms with Gasteiger partial charge in [0.2, 0.25) is 10.0 Å². The summed E-state index contributed by atoms with van der Waals surface area (Å²) in [7, 11) is -4.52. The Kier molecular flexibility index (Phi) is 5.52. The topological polar surface area (TPSA) is 72.5 Å². The first-order valence-electron chi connectivity index (χ1n) is 5.57. The van der Waals surface area contributed by atoms with Crippen molar-refractivity contribution in [3.8, 4) is 0 Å². The van der Waals surface area contributed by atoms with E-state index in [4.69, 9.17) is 0 Å². The maximum Gasteiger partial charge on any atom is 0.307 e. The molecule has 20 heavy (non-hydrogen) atoms. The molecule has 0 saturated carbocycles. The first-order valence-corrected chi connectivity index (χ1v) is 7.06. The van der Waals surface area contributed by atoms with E-state index in [2.05, 4.69) is 4.74 Å². The normalized spacial score (nSPS) is 11.4. The molecular formula is C11H12F3NO4S. The summed E-state index contributed by atoms with van der Waals surface area (Å²) in [4.78, 5) is 9.70. The number of benzene rings is 1. The molecule has 1 aromatic rings. The number of hydrogen-bond acceptors (Lipinski definition) is 4. The number of carbonyl (C=O) groups excluding carboxylic acids is 1. The Balaban J connectivity index is 2.82. The second-order valence-corrected chi connectivity index (χ2v) is 5.36. The molecule has 5 nitrogen and oxygen atoms in total. The minimum Gasteiger partial charge on any atom is -0.466 e. The zero-order valence-electron chi connectivity index (χ0n) is 10.5. The van der Waals surface area contributed by atoms with Gasteiger partial charge in [-0.15, -0.1) is 0 Å². The molecule has 0 spiro atoms. The molecule has 9 heteroatoms. The average molecular weight is 311 g/mol. The predicted molar refractivity (Wildman–Crippen MR) is 62.8 cm³/mol. The Labute approximate surface area is 113 Å². The van der Waals surface area contributed by atoms with Gasteiger partial charge in [0.15, 0.2) is 4.90 Å². The van der Waals surface area contributed by atoms with Gasteiger partial charge in [-0.3, -0.25) is 4.79 Å². The smallest absolute Gasteiger partial charge is 0.307 e. The van der Waals surface area contributed by atoms with Crippen molar-refractivity contribution in [2.45, 2.75) is 18.2 Å². The van der Waals surface area contributed by atoms with Crippen LogP contribution in [0.15, 0.2) is 17.0 Å². The fraction of sp³-hybridized carbons (Fsp3) is 0.364. The van der Waals surface area contributed by atoms with Gasteiger partial charge in [0.25, 0.3) is 0 Å². The van der Waals surface area contributed by atoms with Gasteiger partial charge in [-0.1, -0.05) is 0 Å². The molecule has 0 bridgehead atoms. The lowest BCUT2D eigenvalue weighted by Crippen LogP contribution is -2.28. The third-order valence-corrected chi connectivity index (χ3v) is 3.67. The second-order valence-electron chi connectivity index (χ2n) is 3.65. The van der Waals surface area contributed by atoms with Crippen molar-refractivity contribution in [2.75, 3.05) is 13.2 Å². The number of esters is 1. The SMILES string of the molecule is CCOC(=O)CCNS(=O)(=O)c1c(F)cc(F)cc1F. The van der Waals surface area contributed by atoms with Gasteiger partial charge in [-0.25, -0.2) is 26.3 Å². The number of ether oxygens (including phenoxy) is 1. The van der Waals surface area contributed by atoms with Crippen molar-refractivity contribution in [2.24, 2.45) is 0 Å². The molecule has 1 N–H and O–H groups in total. The van der Waals surface area contributed by atoms with Crippen LogP contribution in [0.1, 0.15) is 13.3 Å². The van der Waals surface area contributed by atoms with E-state index < -0.39 is 44.9 Å². The van der Waals surface area contributed by atoms with Crippen molar-refractivity contribution in [1.82, 2.24) is 4.72 Å². The molecule has 0 aliphatic rings. The molecular weight excluding hydrogens is 299 g/mol.